The summed E-state index contributed by atoms with van der Waals surface area (Å²) in [5.74, 6) is -1.37. The molecule has 5 heteroatoms. The Labute approximate surface area is 113 Å². The Morgan fingerprint density at radius 2 is 1.79 bits per heavy atom. The monoisotopic (exact) mass is 264 g/mol. The molecule has 1 rings (SSSR count). The van der Waals surface area contributed by atoms with Crippen molar-refractivity contribution in [2.75, 3.05) is 11.9 Å². The number of carboxylic acids is 1. The fourth-order valence-electron chi connectivity index (χ4n) is 1.60. The van der Waals surface area contributed by atoms with E-state index in [0.29, 0.717) is 0 Å². The normalized spacial score (nSPS) is 12.6. The smallest absolute Gasteiger partial charge is 0.326 e. The summed E-state index contributed by atoms with van der Waals surface area (Å²) in [5, 5.41) is 14.6. The summed E-state index contributed by atoms with van der Waals surface area (Å²) in [6.45, 7) is 5.37. The molecular weight excluding hydrogens is 244 g/mol. The lowest BCUT2D eigenvalue weighted by atomic mass is 9.87. The van der Waals surface area contributed by atoms with Crippen LogP contribution in [0.25, 0.3) is 0 Å². The van der Waals surface area contributed by atoms with Gasteiger partial charge in [0.1, 0.15) is 6.04 Å². The van der Waals surface area contributed by atoms with Crippen LogP contribution >= 0.6 is 0 Å². The molecule has 104 valence electrons. The summed E-state index contributed by atoms with van der Waals surface area (Å²) in [7, 11) is 0. The summed E-state index contributed by atoms with van der Waals surface area (Å²) < 4.78 is 0. The third-order valence-electron chi connectivity index (χ3n) is 2.65. The Bertz CT molecular complexity index is 438. The number of aliphatic carboxylic acids is 1. The zero-order valence-corrected chi connectivity index (χ0v) is 11.4. The van der Waals surface area contributed by atoms with E-state index in [1.54, 1.807) is 20.8 Å². The molecule has 19 heavy (non-hydrogen) atoms. The van der Waals surface area contributed by atoms with Gasteiger partial charge in [0.25, 0.3) is 0 Å². The number of hydrogen-bond donors (Lipinski definition) is 3. The van der Waals surface area contributed by atoms with Crippen LogP contribution in [0.15, 0.2) is 30.3 Å². The number of amides is 1. The summed E-state index contributed by atoms with van der Waals surface area (Å²) >= 11 is 0. The van der Waals surface area contributed by atoms with Crippen LogP contribution in [0.1, 0.15) is 20.8 Å². The minimum atomic E-state index is -1.03. The lowest BCUT2D eigenvalue weighted by molar-refractivity contribution is -0.144. The molecule has 5 nitrogen and oxygen atoms in total. The van der Waals surface area contributed by atoms with Gasteiger partial charge in [0.2, 0.25) is 5.91 Å². The molecule has 0 unspecified atom stereocenters. The molecular formula is C14H20N2O3. The number of rotatable bonds is 5. The third kappa shape index (κ3) is 4.99. The number of carboxylic acid groups (broad SMARTS) is 1. The second-order valence-corrected chi connectivity index (χ2v) is 5.42. The van der Waals surface area contributed by atoms with Gasteiger partial charge in [0.05, 0.1) is 6.54 Å². The van der Waals surface area contributed by atoms with Crippen molar-refractivity contribution in [3.05, 3.63) is 30.3 Å². The first kappa shape index (κ1) is 15.0. The van der Waals surface area contributed by atoms with Crippen LogP contribution in [0.4, 0.5) is 5.69 Å². The second-order valence-electron chi connectivity index (χ2n) is 5.42. The molecule has 0 aromatic heterocycles. The predicted octanol–water partition coefficient (Wildman–Crippen LogP) is 1.71. The molecule has 0 spiro atoms. The van der Waals surface area contributed by atoms with Crippen LogP contribution in [-0.2, 0) is 9.59 Å². The van der Waals surface area contributed by atoms with Gasteiger partial charge in [-0.15, -0.1) is 0 Å². The number of anilines is 1. The number of para-hydroxylation sites is 1. The largest absolute Gasteiger partial charge is 0.480 e. The van der Waals surface area contributed by atoms with Crippen LogP contribution in [0.3, 0.4) is 0 Å². The third-order valence-corrected chi connectivity index (χ3v) is 2.65. The summed E-state index contributed by atoms with van der Waals surface area (Å²) in [4.78, 5) is 22.9. The fraction of sp³-hybridized carbons (Fsp3) is 0.429. The van der Waals surface area contributed by atoms with E-state index in [-0.39, 0.29) is 12.5 Å². The van der Waals surface area contributed by atoms with Gasteiger partial charge in [-0.2, -0.15) is 0 Å². The molecule has 0 saturated carbocycles. The Kier molecular flexibility index (Phi) is 4.92. The van der Waals surface area contributed by atoms with Gasteiger partial charge in [-0.1, -0.05) is 39.0 Å². The van der Waals surface area contributed by atoms with Crippen molar-refractivity contribution in [2.45, 2.75) is 26.8 Å². The van der Waals surface area contributed by atoms with Crippen molar-refractivity contribution < 1.29 is 14.7 Å². The molecule has 1 aromatic carbocycles. The van der Waals surface area contributed by atoms with Gasteiger partial charge in [0.15, 0.2) is 0 Å². The molecule has 0 aliphatic carbocycles. The van der Waals surface area contributed by atoms with E-state index in [0.717, 1.165) is 5.69 Å². The first-order chi connectivity index (χ1) is 8.80. The maximum atomic E-state index is 11.7. The maximum Gasteiger partial charge on any atom is 0.326 e. The maximum absolute atomic E-state index is 11.7. The zero-order valence-electron chi connectivity index (χ0n) is 11.4. The molecule has 3 N–H and O–H groups in total. The number of benzene rings is 1. The van der Waals surface area contributed by atoms with E-state index < -0.39 is 17.4 Å². The topological polar surface area (TPSA) is 78.4 Å². The Morgan fingerprint density at radius 3 is 2.26 bits per heavy atom. The van der Waals surface area contributed by atoms with Crippen molar-refractivity contribution in [2.24, 2.45) is 5.41 Å². The molecule has 0 heterocycles. The molecule has 0 bridgehead atoms. The molecule has 0 aliphatic heterocycles. The minimum absolute atomic E-state index is 0.0455. The molecule has 0 saturated heterocycles. The van der Waals surface area contributed by atoms with Gasteiger partial charge in [-0.05, 0) is 17.5 Å². The molecule has 1 atom stereocenters. The first-order valence-corrected chi connectivity index (χ1v) is 6.12. The van der Waals surface area contributed by atoms with Crippen molar-refractivity contribution in [3.63, 3.8) is 0 Å². The first-order valence-electron chi connectivity index (χ1n) is 6.12. The quantitative estimate of drug-likeness (QED) is 0.756. The lowest BCUT2D eigenvalue weighted by Crippen LogP contribution is -2.50. The van der Waals surface area contributed by atoms with E-state index in [1.807, 2.05) is 30.3 Å². The SMILES string of the molecule is CC(C)(C)[C@@H](NC(=O)CNc1ccccc1)C(=O)O. The highest BCUT2D eigenvalue weighted by atomic mass is 16.4. The van der Waals surface area contributed by atoms with Crippen LogP contribution in [0, 0.1) is 5.41 Å². The molecule has 0 aliphatic rings. The standard InChI is InChI=1S/C14H20N2O3/c1-14(2,3)12(13(18)19)16-11(17)9-15-10-7-5-4-6-8-10/h4-8,12,15H,9H2,1-3H3,(H,16,17)(H,18,19)/t12-/m0/s1. The van der Waals surface area contributed by atoms with Crippen molar-refractivity contribution in [3.8, 4) is 0 Å². The molecule has 1 amide bonds. The second kappa shape index (κ2) is 6.22. The van der Waals surface area contributed by atoms with Crippen LogP contribution in [-0.4, -0.2) is 29.6 Å². The van der Waals surface area contributed by atoms with Crippen LogP contribution < -0.4 is 10.6 Å². The number of nitrogens with one attached hydrogen (secondary N) is 2. The average molecular weight is 264 g/mol. The zero-order chi connectivity index (χ0) is 14.5. The minimum Gasteiger partial charge on any atom is -0.480 e. The fourth-order valence-corrected chi connectivity index (χ4v) is 1.60. The van der Waals surface area contributed by atoms with Gasteiger partial charge < -0.3 is 15.7 Å². The average Bonchev–Trinajstić information content (AvgIpc) is 2.33. The molecule has 1 aromatic rings. The Morgan fingerprint density at radius 1 is 1.21 bits per heavy atom. The van der Waals surface area contributed by atoms with E-state index in [4.69, 9.17) is 5.11 Å². The van der Waals surface area contributed by atoms with Gasteiger partial charge >= 0.3 is 5.97 Å². The van der Waals surface area contributed by atoms with E-state index in [9.17, 15) is 9.59 Å². The number of carbonyl (C=O) groups is 2. The molecule has 0 fully saturated rings. The predicted molar refractivity (Wildman–Crippen MR) is 74.0 cm³/mol. The number of carbonyl (C=O) groups excluding carboxylic acids is 1. The Hall–Kier alpha value is -2.04. The summed E-state index contributed by atoms with van der Waals surface area (Å²) in [6, 6.07) is 8.37. The summed E-state index contributed by atoms with van der Waals surface area (Å²) in [6.07, 6.45) is 0. The highest BCUT2D eigenvalue weighted by Gasteiger charge is 2.32. The van der Waals surface area contributed by atoms with Gasteiger partial charge in [-0.25, -0.2) is 4.79 Å². The summed E-state index contributed by atoms with van der Waals surface area (Å²) in [5.41, 5.74) is 0.286. The van der Waals surface area contributed by atoms with Crippen LogP contribution in [0.2, 0.25) is 0 Å². The van der Waals surface area contributed by atoms with E-state index in [2.05, 4.69) is 10.6 Å². The van der Waals surface area contributed by atoms with E-state index >= 15 is 0 Å². The van der Waals surface area contributed by atoms with Crippen LogP contribution in [0.5, 0.6) is 0 Å². The Balaban J connectivity index is 2.52. The highest BCUT2D eigenvalue weighted by molar-refractivity contribution is 5.86. The molecule has 0 radical (unpaired) electrons. The highest BCUT2D eigenvalue weighted by Crippen LogP contribution is 2.19. The van der Waals surface area contributed by atoms with Gasteiger partial charge in [-0.3, -0.25) is 4.79 Å². The van der Waals surface area contributed by atoms with Crippen molar-refractivity contribution in [1.29, 1.82) is 0 Å². The van der Waals surface area contributed by atoms with Crippen molar-refractivity contribution in [1.82, 2.24) is 5.32 Å². The number of hydrogen-bond acceptors (Lipinski definition) is 3. The van der Waals surface area contributed by atoms with Gasteiger partial charge in [0, 0.05) is 5.69 Å². The van der Waals surface area contributed by atoms with E-state index in [1.165, 1.54) is 0 Å². The lowest BCUT2D eigenvalue weighted by Gasteiger charge is -2.27. The van der Waals surface area contributed by atoms with Crippen molar-refractivity contribution >= 4 is 17.6 Å².